The summed E-state index contributed by atoms with van der Waals surface area (Å²) in [6, 6.07) is 7.41. The molecule has 0 aliphatic rings. The van der Waals surface area contributed by atoms with Gasteiger partial charge in [-0.2, -0.15) is 0 Å². The maximum Gasteiger partial charge on any atom is 0.234 e. The summed E-state index contributed by atoms with van der Waals surface area (Å²) in [6.45, 7) is 1.88. The summed E-state index contributed by atoms with van der Waals surface area (Å²) in [5, 5.41) is 3.62. The zero-order valence-electron chi connectivity index (χ0n) is 11.0. The molecule has 0 atom stereocenters. The van der Waals surface area contributed by atoms with Gasteiger partial charge in [0.1, 0.15) is 11.6 Å². The van der Waals surface area contributed by atoms with Crippen molar-refractivity contribution in [2.24, 2.45) is 0 Å². The molecule has 0 radical (unpaired) electrons. The van der Waals surface area contributed by atoms with Crippen LogP contribution in [0.15, 0.2) is 34.9 Å². The highest BCUT2D eigenvalue weighted by molar-refractivity contribution is 7.92. The van der Waals surface area contributed by atoms with E-state index in [-0.39, 0.29) is 23.8 Å². The number of halogens is 1. The van der Waals surface area contributed by atoms with Crippen LogP contribution < -0.4 is 4.72 Å². The van der Waals surface area contributed by atoms with E-state index in [1.54, 1.807) is 18.2 Å². The quantitative estimate of drug-likeness (QED) is 0.888. The molecule has 0 saturated carbocycles. The normalized spacial score (nSPS) is 11.5. The van der Waals surface area contributed by atoms with Crippen molar-refractivity contribution >= 4 is 15.8 Å². The number of anilines is 1. The van der Waals surface area contributed by atoms with Crippen LogP contribution in [0.25, 0.3) is 0 Å². The standard InChI is InChI=1S/C13H15FN2O3S/c1-2-12-9-13(15-19-12)16-20(17,18)7-6-10-4-3-5-11(14)8-10/h3-5,8-9H,2,6-7H2,1H3,(H,15,16). The molecule has 0 aliphatic carbocycles. The van der Waals surface area contributed by atoms with E-state index in [1.807, 2.05) is 6.92 Å². The van der Waals surface area contributed by atoms with E-state index in [4.69, 9.17) is 4.52 Å². The number of aryl methyl sites for hydroxylation is 2. The Balaban J connectivity index is 1.97. The van der Waals surface area contributed by atoms with Crippen LogP contribution in [0, 0.1) is 5.82 Å². The minimum Gasteiger partial charge on any atom is -0.359 e. The van der Waals surface area contributed by atoms with Crippen LogP contribution in [0.3, 0.4) is 0 Å². The molecule has 1 N–H and O–H groups in total. The molecule has 0 aliphatic heterocycles. The monoisotopic (exact) mass is 298 g/mol. The molecule has 1 aromatic carbocycles. The smallest absolute Gasteiger partial charge is 0.234 e. The van der Waals surface area contributed by atoms with Gasteiger partial charge in [-0.1, -0.05) is 24.2 Å². The van der Waals surface area contributed by atoms with Crippen molar-refractivity contribution < 1.29 is 17.3 Å². The molecule has 7 heteroatoms. The molecule has 2 aromatic rings. The van der Waals surface area contributed by atoms with Crippen molar-refractivity contribution in [1.29, 1.82) is 0 Å². The van der Waals surface area contributed by atoms with Gasteiger partial charge >= 0.3 is 0 Å². The van der Waals surface area contributed by atoms with Gasteiger partial charge in [-0.05, 0) is 24.1 Å². The summed E-state index contributed by atoms with van der Waals surface area (Å²) in [7, 11) is -3.54. The summed E-state index contributed by atoms with van der Waals surface area (Å²) >= 11 is 0. The molecular formula is C13H15FN2O3S. The Kier molecular flexibility index (Phi) is 4.39. The Morgan fingerprint density at radius 3 is 2.80 bits per heavy atom. The lowest BCUT2D eigenvalue weighted by Crippen LogP contribution is -2.18. The second kappa shape index (κ2) is 6.04. The van der Waals surface area contributed by atoms with E-state index < -0.39 is 10.0 Å². The van der Waals surface area contributed by atoms with Crippen LogP contribution in [-0.4, -0.2) is 19.3 Å². The Hall–Kier alpha value is -1.89. The third kappa shape index (κ3) is 4.06. The summed E-state index contributed by atoms with van der Waals surface area (Å²) in [5.41, 5.74) is 0.629. The lowest BCUT2D eigenvalue weighted by atomic mass is 10.2. The first kappa shape index (κ1) is 14.5. The zero-order chi connectivity index (χ0) is 14.6. The van der Waals surface area contributed by atoms with Crippen LogP contribution in [-0.2, 0) is 22.9 Å². The van der Waals surface area contributed by atoms with Gasteiger partial charge in [0.25, 0.3) is 0 Å². The van der Waals surface area contributed by atoms with Crippen LogP contribution >= 0.6 is 0 Å². The number of benzene rings is 1. The van der Waals surface area contributed by atoms with Crippen molar-refractivity contribution in [3.63, 3.8) is 0 Å². The lowest BCUT2D eigenvalue weighted by molar-refractivity contribution is 0.389. The molecule has 1 aromatic heterocycles. The van der Waals surface area contributed by atoms with Gasteiger partial charge in [-0.25, -0.2) is 12.8 Å². The molecule has 2 rings (SSSR count). The van der Waals surface area contributed by atoms with Crippen LogP contribution in [0.2, 0.25) is 0 Å². The maximum atomic E-state index is 13.0. The van der Waals surface area contributed by atoms with Crippen LogP contribution in [0.1, 0.15) is 18.2 Å². The fourth-order valence-corrected chi connectivity index (χ4v) is 2.70. The topological polar surface area (TPSA) is 72.2 Å². The van der Waals surface area contributed by atoms with Crippen molar-refractivity contribution in [2.75, 3.05) is 10.5 Å². The van der Waals surface area contributed by atoms with Gasteiger partial charge < -0.3 is 4.52 Å². The Labute approximate surface area is 116 Å². The molecule has 0 fully saturated rings. The summed E-state index contributed by atoms with van der Waals surface area (Å²) < 4.78 is 44.0. The molecule has 0 amide bonds. The molecule has 0 bridgehead atoms. The molecule has 0 saturated heterocycles. The van der Waals surface area contributed by atoms with Crippen LogP contribution in [0.5, 0.6) is 0 Å². The van der Waals surface area contributed by atoms with E-state index in [2.05, 4.69) is 9.88 Å². The zero-order valence-corrected chi connectivity index (χ0v) is 11.8. The SMILES string of the molecule is CCc1cc(NS(=O)(=O)CCc2cccc(F)c2)no1. The van der Waals surface area contributed by atoms with Crippen molar-refractivity contribution in [3.8, 4) is 0 Å². The van der Waals surface area contributed by atoms with E-state index in [1.165, 1.54) is 12.1 Å². The average molecular weight is 298 g/mol. The molecular weight excluding hydrogens is 283 g/mol. The number of hydrogen-bond acceptors (Lipinski definition) is 4. The average Bonchev–Trinajstić information content (AvgIpc) is 2.83. The van der Waals surface area contributed by atoms with Gasteiger partial charge in [0.05, 0.1) is 5.75 Å². The number of aromatic nitrogens is 1. The molecule has 20 heavy (non-hydrogen) atoms. The molecule has 1 heterocycles. The van der Waals surface area contributed by atoms with E-state index in [0.717, 1.165) is 0 Å². The second-order valence-electron chi connectivity index (χ2n) is 4.33. The first-order valence-electron chi connectivity index (χ1n) is 6.19. The van der Waals surface area contributed by atoms with E-state index in [9.17, 15) is 12.8 Å². The first-order valence-corrected chi connectivity index (χ1v) is 7.84. The molecule has 0 spiro atoms. The number of hydrogen-bond donors (Lipinski definition) is 1. The number of sulfonamides is 1. The molecule has 5 nitrogen and oxygen atoms in total. The Morgan fingerprint density at radius 2 is 2.15 bits per heavy atom. The largest absolute Gasteiger partial charge is 0.359 e. The van der Waals surface area contributed by atoms with Crippen molar-refractivity contribution in [1.82, 2.24) is 5.16 Å². The predicted molar refractivity (Wildman–Crippen MR) is 73.4 cm³/mol. The van der Waals surface area contributed by atoms with Crippen LogP contribution in [0.4, 0.5) is 10.2 Å². The number of rotatable bonds is 6. The summed E-state index contributed by atoms with van der Waals surface area (Å²) in [6.07, 6.45) is 0.865. The fraction of sp³-hybridized carbons (Fsp3) is 0.308. The maximum absolute atomic E-state index is 13.0. The van der Waals surface area contributed by atoms with Gasteiger partial charge in [-0.15, -0.1) is 0 Å². The van der Waals surface area contributed by atoms with Gasteiger partial charge in [0.15, 0.2) is 5.82 Å². The summed E-state index contributed by atoms with van der Waals surface area (Å²) in [4.78, 5) is 0. The highest BCUT2D eigenvalue weighted by Crippen LogP contribution is 2.12. The third-order valence-electron chi connectivity index (χ3n) is 2.72. The van der Waals surface area contributed by atoms with E-state index >= 15 is 0 Å². The van der Waals surface area contributed by atoms with Crippen molar-refractivity contribution in [2.45, 2.75) is 19.8 Å². The van der Waals surface area contributed by atoms with Crippen molar-refractivity contribution in [3.05, 3.63) is 47.5 Å². The highest BCUT2D eigenvalue weighted by Gasteiger charge is 2.13. The summed E-state index contributed by atoms with van der Waals surface area (Å²) in [5.74, 6) is 0.246. The molecule has 108 valence electrons. The first-order chi connectivity index (χ1) is 9.48. The number of nitrogens with zero attached hydrogens (tertiary/aromatic N) is 1. The Bertz CT molecular complexity index is 682. The molecule has 0 unspecified atom stereocenters. The van der Waals surface area contributed by atoms with Gasteiger partial charge in [0.2, 0.25) is 10.0 Å². The number of nitrogens with one attached hydrogen (secondary N) is 1. The minimum atomic E-state index is -3.54. The fourth-order valence-electron chi connectivity index (χ4n) is 1.68. The Morgan fingerprint density at radius 1 is 1.35 bits per heavy atom. The third-order valence-corrected chi connectivity index (χ3v) is 3.98. The lowest BCUT2D eigenvalue weighted by Gasteiger charge is -2.05. The predicted octanol–water partition coefficient (Wildman–Crippen LogP) is 2.36. The van der Waals surface area contributed by atoms with E-state index in [0.29, 0.717) is 17.7 Å². The van der Waals surface area contributed by atoms with Gasteiger partial charge in [-0.3, -0.25) is 4.72 Å². The second-order valence-corrected chi connectivity index (χ2v) is 6.17. The van der Waals surface area contributed by atoms with Gasteiger partial charge in [0, 0.05) is 12.5 Å². The highest BCUT2D eigenvalue weighted by atomic mass is 32.2. The minimum absolute atomic E-state index is 0.148.